The molecule has 4 fully saturated rings. The number of rotatable bonds is 3. The van der Waals surface area contributed by atoms with Crippen LogP contribution in [0.1, 0.15) is 67.7 Å². The van der Waals surface area contributed by atoms with Crippen LogP contribution in [0, 0.1) is 23.7 Å². The van der Waals surface area contributed by atoms with E-state index in [-0.39, 0.29) is 48.6 Å². The molecule has 4 rings (SSSR count). The zero-order chi connectivity index (χ0) is 23.8. The molecular weight excluding hydrogens is 416 g/mol. The van der Waals surface area contributed by atoms with Crippen molar-refractivity contribution in [3.63, 3.8) is 0 Å². The van der Waals surface area contributed by atoms with E-state index < -0.39 is 47.2 Å². The summed E-state index contributed by atoms with van der Waals surface area (Å²) in [7, 11) is 0. The molecule has 3 saturated heterocycles. The van der Waals surface area contributed by atoms with Crippen molar-refractivity contribution in [2.45, 2.75) is 115 Å². The first-order valence-corrected chi connectivity index (χ1v) is 11.8. The van der Waals surface area contributed by atoms with E-state index in [1.165, 1.54) is 13.8 Å². The lowest BCUT2D eigenvalue weighted by Crippen LogP contribution is -2.58. The molecule has 0 amide bonds. The average molecular weight is 455 g/mol. The summed E-state index contributed by atoms with van der Waals surface area (Å²) >= 11 is 0. The van der Waals surface area contributed by atoms with Crippen molar-refractivity contribution in [2.24, 2.45) is 23.7 Å². The van der Waals surface area contributed by atoms with E-state index in [0.717, 1.165) is 0 Å². The van der Waals surface area contributed by atoms with Gasteiger partial charge in [-0.2, -0.15) is 0 Å². The monoisotopic (exact) mass is 454 g/mol. The maximum Gasteiger partial charge on any atom is 0.303 e. The highest BCUT2D eigenvalue weighted by molar-refractivity contribution is 5.67. The molecule has 8 nitrogen and oxygen atoms in total. The van der Waals surface area contributed by atoms with Crippen LogP contribution in [0.5, 0.6) is 0 Å². The van der Waals surface area contributed by atoms with Crippen molar-refractivity contribution in [1.29, 1.82) is 0 Å². The van der Waals surface area contributed by atoms with Crippen LogP contribution >= 0.6 is 0 Å². The van der Waals surface area contributed by atoms with Crippen LogP contribution < -0.4 is 0 Å². The third-order valence-electron chi connectivity index (χ3n) is 8.46. The van der Waals surface area contributed by atoms with Crippen molar-refractivity contribution in [2.75, 3.05) is 0 Å². The molecule has 11 atom stereocenters. The second kappa shape index (κ2) is 7.65. The first kappa shape index (κ1) is 23.9. The molecule has 1 aliphatic carbocycles. The Kier molecular flexibility index (Phi) is 5.72. The van der Waals surface area contributed by atoms with E-state index >= 15 is 0 Å². The first-order valence-electron chi connectivity index (χ1n) is 11.8. The third-order valence-corrected chi connectivity index (χ3v) is 8.46. The van der Waals surface area contributed by atoms with Crippen LogP contribution in [0.25, 0.3) is 0 Å². The van der Waals surface area contributed by atoms with Gasteiger partial charge in [-0.25, -0.2) is 0 Å². The quantitative estimate of drug-likeness (QED) is 0.491. The Labute approximate surface area is 189 Å². The molecule has 2 bridgehead atoms. The summed E-state index contributed by atoms with van der Waals surface area (Å²) in [5, 5.41) is 21.9. The Balaban J connectivity index is 1.83. The Hall–Kier alpha value is -1.22. The zero-order valence-corrected chi connectivity index (χ0v) is 20.2. The lowest BCUT2D eigenvalue weighted by atomic mass is 9.57. The molecule has 0 aromatic carbocycles. The number of fused-ring (bicyclic) bond motifs is 7. The highest BCUT2D eigenvalue weighted by Gasteiger charge is 2.76. The molecule has 3 heterocycles. The number of carbonyl (C=O) groups excluding carboxylic acids is 2. The average Bonchev–Trinajstić information content (AvgIpc) is 3.19. The van der Waals surface area contributed by atoms with E-state index in [0.29, 0.717) is 6.42 Å². The lowest BCUT2D eigenvalue weighted by molar-refractivity contribution is -0.183. The molecule has 3 aliphatic heterocycles. The van der Waals surface area contributed by atoms with E-state index in [9.17, 15) is 19.8 Å². The van der Waals surface area contributed by atoms with E-state index in [2.05, 4.69) is 13.8 Å². The normalized spacial score (nSPS) is 52.2. The van der Waals surface area contributed by atoms with Crippen molar-refractivity contribution in [1.82, 2.24) is 0 Å². The van der Waals surface area contributed by atoms with E-state index in [1.54, 1.807) is 6.92 Å². The van der Waals surface area contributed by atoms with Gasteiger partial charge in [0.2, 0.25) is 0 Å². The molecule has 2 N–H and O–H groups in total. The number of aliphatic hydroxyl groups is 2. The van der Waals surface area contributed by atoms with Gasteiger partial charge in [0.05, 0.1) is 17.8 Å². The summed E-state index contributed by atoms with van der Waals surface area (Å²) in [4.78, 5) is 24.1. The SMILES string of the molecule is CC(=O)O[C@H]1[C@H](C(C)C)[C@@H]2[C@@H]([C@@H]3C[C@](C)(O)[C@@H](O)CC[C@@](C)(OC(C)=O)[C@@H]2O3)[C@@]2(C)O[C@@H]12. The van der Waals surface area contributed by atoms with Gasteiger partial charge in [0.1, 0.15) is 29.5 Å². The number of hydrogen-bond donors (Lipinski definition) is 2. The van der Waals surface area contributed by atoms with Crippen LogP contribution in [0.15, 0.2) is 0 Å². The second-order valence-corrected chi connectivity index (χ2v) is 11.3. The lowest BCUT2D eigenvalue weighted by Gasteiger charge is -2.47. The molecule has 182 valence electrons. The molecule has 0 unspecified atom stereocenters. The number of esters is 2. The molecule has 32 heavy (non-hydrogen) atoms. The van der Waals surface area contributed by atoms with Crippen molar-refractivity contribution < 1.29 is 38.7 Å². The number of hydrogen-bond acceptors (Lipinski definition) is 8. The topological polar surface area (TPSA) is 115 Å². The second-order valence-electron chi connectivity index (χ2n) is 11.3. The molecule has 1 saturated carbocycles. The van der Waals surface area contributed by atoms with Gasteiger partial charge in [0.25, 0.3) is 0 Å². The van der Waals surface area contributed by atoms with Crippen LogP contribution in [0.4, 0.5) is 0 Å². The van der Waals surface area contributed by atoms with Gasteiger partial charge in [0, 0.05) is 38.0 Å². The number of ether oxygens (including phenoxy) is 4. The van der Waals surface area contributed by atoms with Crippen LogP contribution in [0.3, 0.4) is 0 Å². The molecule has 8 heteroatoms. The Bertz CT molecular complexity index is 780. The van der Waals surface area contributed by atoms with Crippen LogP contribution in [0.2, 0.25) is 0 Å². The van der Waals surface area contributed by atoms with Gasteiger partial charge in [0.15, 0.2) is 0 Å². The molecule has 0 radical (unpaired) electrons. The maximum absolute atomic E-state index is 12.1. The smallest absolute Gasteiger partial charge is 0.303 e. The summed E-state index contributed by atoms with van der Waals surface area (Å²) in [6.45, 7) is 12.5. The fourth-order valence-electron chi connectivity index (χ4n) is 7.05. The van der Waals surface area contributed by atoms with Crippen molar-refractivity contribution in [3.8, 4) is 0 Å². The minimum absolute atomic E-state index is 0.0661. The maximum atomic E-state index is 12.1. The highest BCUT2D eigenvalue weighted by atomic mass is 16.7. The van der Waals surface area contributed by atoms with E-state index in [1.807, 2.05) is 13.8 Å². The molecular formula is C24H38O8. The van der Waals surface area contributed by atoms with Gasteiger partial charge in [-0.15, -0.1) is 0 Å². The molecule has 0 aromatic heterocycles. The number of epoxide rings is 1. The van der Waals surface area contributed by atoms with Gasteiger partial charge >= 0.3 is 11.9 Å². The highest BCUT2D eigenvalue weighted by Crippen LogP contribution is 2.65. The molecule has 4 aliphatic rings. The molecule has 0 spiro atoms. The minimum atomic E-state index is -1.35. The summed E-state index contributed by atoms with van der Waals surface area (Å²) in [5.41, 5.74) is -2.93. The third kappa shape index (κ3) is 3.67. The van der Waals surface area contributed by atoms with E-state index in [4.69, 9.17) is 18.9 Å². The standard InChI is InChI=1S/C24H38O8/c1-11(2)16-17-18(24(7)21(32-24)19(16)29-12(3)25)14-10-22(5,28)15(27)8-9-23(6,20(17)30-14)31-13(4)26/h11,14-21,27-28H,8-10H2,1-7H3/t14-,15-,16+,17+,18+,19-,20+,21-,22-,23+,24+/m0/s1. The predicted molar refractivity (Wildman–Crippen MR) is 113 cm³/mol. The first-order chi connectivity index (χ1) is 14.7. The van der Waals surface area contributed by atoms with Gasteiger partial charge in [-0.05, 0) is 39.5 Å². The minimum Gasteiger partial charge on any atom is -0.459 e. The predicted octanol–water partition coefficient (Wildman–Crippen LogP) is 1.98. The van der Waals surface area contributed by atoms with Crippen LogP contribution in [-0.2, 0) is 28.5 Å². The van der Waals surface area contributed by atoms with Gasteiger partial charge in [-0.3, -0.25) is 9.59 Å². The van der Waals surface area contributed by atoms with Crippen molar-refractivity contribution >= 4 is 11.9 Å². The Morgan fingerprint density at radius 2 is 1.75 bits per heavy atom. The Morgan fingerprint density at radius 1 is 1.09 bits per heavy atom. The van der Waals surface area contributed by atoms with Gasteiger partial charge < -0.3 is 29.2 Å². The summed E-state index contributed by atoms with van der Waals surface area (Å²) in [5.74, 6) is -0.882. The fraction of sp³-hybridized carbons (Fsp3) is 0.917. The zero-order valence-electron chi connectivity index (χ0n) is 20.2. The largest absolute Gasteiger partial charge is 0.459 e. The number of aliphatic hydroxyl groups excluding tert-OH is 1. The summed E-state index contributed by atoms with van der Waals surface area (Å²) in [6, 6.07) is 0. The summed E-state index contributed by atoms with van der Waals surface area (Å²) in [6.07, 6.45) is -1.64. The summed E-state index contributed by atoms with van der Waals surface area (Å²) < 4.78 is 24.6. The molecule has 0 aromatic rings. The van der Waals surface area contributed by atoms with Gasteiger partial charge in [-0.1, -0.05) is 13.8 Å². The number of carbonyl (C=O) groups is 2. The van der Waals surface area contributed by atoms with Crippen LogP contribution in [-0.4, -0.2) is 69.5 Å². The van der Waals surface area contributed by atoms with Crippen molar-refractivity contribution in [3.05, 3.63) is 0 Å². The fourth-order valence-corrected chi connectivity index (χ4v) is 7.05. The Morgan fingerprint density at radius 3 is 2.31 bits per heavy atom.